The van der Waals surface area contributed by atoms with Crippen LogP contribution in [0.2, 0.25) is 0 Å². The van der Waals surface area contributed by atoms with Crippen molar-refractivity contribution in [3.05, 3.63) is 524 Å². The molecule has 650 valence electrons. The number of pyridine rings is 4. The van der Waals surface area contributed by atoms with E-state index in [1.54, 1.807) is 114 Å². The number of fused-ring (bicyclic) bond motifs is 31. The third-order valence-corrected chi connectivity index (χ3v) is 29.1. The van der Waals surface area contributed by atoms with E-state index in [0.717, 1.165) is 96.7 Å². The molecule has 15 aromatic carbocycles. The Balaban J connectivity index is 0.0000000985. The van der Waals surface area contributed by atoms with Gasteiger partial charge in [0.2, 0.25) is 0 Å². The topological polar surface area (TPSA) is 213 Å². The fourth-order valence-corrected chi connectivity index (χ4v) is 23.1. The van der Waals surface area contributed by atoms with Gasteiger partial charge in [-0.25, -0.2) is 18.3 Å². The zero-order chi connectivity index (χ0) is 92.7. The van der Waals surface area contributed by atoms with Crippen LogP contribution in [-0.2, 0) is 5.41 Å². The Morgan fingerprint density at radius 3 is 0.978 bits per heavy atom. The molecule has 11 heterocycles. The lowest BCUT2D eigenvalue weighted by Crippen LogP contribution is -2.28. The summed E-state index contributed by atoms with van der Waals surface area (Å²) in [5.74, 6) is 0. The van der Waals surface area contributed by atoms with Crippen molar-refractivity contribution in [2.45, 2.75) is 5.41 Å². The van der Waals surface area contributed by atoms with Crippen LogP contribution in [0.5, 0.6) is 0 Å². The molecule has 0 atom stereocenters. The highest BCUT2D eigenvalue weighted by atomic mass is 32.1. The molecule has 0 N–H and O–H groups in total. The molecule has 17 nitrogen and oxygen atoms in total. The monoisotopic (exact) mass is 1820 g/mol. The second-order valence-corrected chi connectivity index (χ2v) is 36.3. The molecule has 2 aliphatic rings. The third-order valence-electron chi connectivity index (χ3n) is 26.8. The number of benzene rings is 15. The lowest BCUT2D eigenvalue weighted by atomic mass is 9.70. The molecule has 0 fully saturated rings. The molecule has 0 bridgehead atoms. The molecular weight excluding hydrogens is 1750 g/mol. The van der Waals surface area contributed by atoms with Gasteiger partial charge in [0, 0.05) is 125 Å². The predicted molar refractivity (Wildman–Crippen MR) is 561 cm³/mol. The average molecular weight is 1820 g/mol. The molecule has 138 heavy (non-hydrogen) atoms. The van der Waals surface area contributed by atoms with Crippen molar-refractivity contribution >= 4 is 171 Å². The fraction of sp³-hybridized carbons (Fsp3) is 0.00840. The second kappa shape index (κ2) is 32.6. The van der Waals surface area contributed by atoms with E-state index in [1.165, 1.54) is 55.5 Å². The summed E-state index contributed by atoms with van der Waals surface area (Å²) in [7, 11) is 0. The zero-order valence-corrected chi connectivity index (χ0v) is 74.6. The fourth-order valence-electron chi connectivity index (χ4n) is 20.9. The molecule has 0 saturated heterocycles. The molecule has 28 rings (SSSR count). The van der Waals surface area contributed by atoms with Gasteiger partial charge in [-0.15, -0.1) is 22.7 Å². The van der Waals surface area contributed by atoms with Crippen LogP contribution < -0.4 is 44.5 Å². The van der Waals surface area contributed by atoms with Crippen LogP contribution in [0.4, 0.5) is 0 Å². The van der Waals surface area contributed by atoms with Gasteiger partial charge >= 0.3 is 0 Å². The second-order valence-electron chi connectivity index (χ2n) is 34.2. The molecule has 0 saturated carbocycles. The van der Waals surface area contributed by atoms with Crippen LogP contribution in [0, 0.1) is 0 Å². The first-order valence-electron chi connectivity index (χ1n) is 44.9. The van der Waals surface area contributed by atoms with Crippen LogP contribution in [0.15, 0.2) is 458 Å². The van der Waals surface area contributed by atoms with E-state index in [2.05, 4.69) is 152 Å². The summed E-state index contributed by atoms with van der Waals surface area (Å²) < 4.78 is 11.6. The van der Waals surface area contributed by atoms with Gasteiger partial charge in [0.25, 0.3) is 44.5 Å². The molecule has 0 amide bonds. The van der Waals surface area contributed by atoms with E-state index in [-0.39, 0.29) is 44.3 Å². The van der Waals surface area contributed by atoms with Crippen molar-refractivity contribution in [3.63, 3.8) is 0 Å². The summed E-state index contributed by atoms with van der Waals surface area (Å²) in [5.41, 5.74) is 11.7. The smallest absolute Gasteiger partial charge is 0.284 e. The minimum atomic E-state index is -0.547. The van der Waals surface area contributed by atoms with Crippen LogP contribution in [0.25, 0.3) is 199 Å². The number of hydrogen-bond acceptors (Lipinski definition) is 14. The summed E-state index contributed by atoms with van der Waals surface area (Å²) in [6.07, 6.45) is 8.01. The first-order valence-corrected chi connectivity index (χ1v) is 46.6. The summed E-state index contributed by atoms with van der Waals surface area (Å²) in [4.78, 5) is 128. The van der Waals surface area contributed by atoms with Gasteiger partial charge in [-0.2, -0.15) is 0 Å². The van der Waals surface area contributed by atoms with Gasteiger partial charge in [-0.1, -0.05) is 237 Å². The number of thiophene rings is 2. The number of para-hydroxylation sites is 6. The highest BCUT2D eigenvalue weighted by Gasteiger charge is 2.52. The molecule has 0 radical (unpaired) electrons. The Bertz CT molecular complexity index is 10200. The van der Waals surface area contributed by atoms with Gasteiger partial charge in [0.15, 0.2) is 0 Å². The van der Waals surface area contributed by atoms with Gasteiger partial charge in [-0.3, -0.25) is 58.3 Å². The van der Waals surface area contributed by atoms with Crippen molar-refractivity contribution in [1.29, 1.82) is 0 Å². The summed E-state index contributed by atoms with van der Waals surface area (Å²) in [6, 6.07) is 126. The Morgan fingerprint density at radius 1 is 0.188 bits per heavy atom. The largest absolute Gasteiger partial charge is 0.309 e. The van der Waals surface area contributed by atoms with Crippen LogP contribution >= 0.6 is 22.7 Å². The van der Waals surface area contributed by atoms with Crippen LogP contribution in [0.3, 0.4) is 0 Å². The van der Waals surface area contributed by atoms with E-state index < -0.39 is 22.1 Å². The Labute approximate surface area is 789 Å². The van der Waals surface area contributed by atoms with Gasteiger partial charge in [0.05, 0.1) is 44.6 Å². The summed E-state index contributed by atoms with van der Waals surface area (Å²) in [5, 5.41) is 14.4. The van der Waals surface area contributed by atoms with Gasteiger partial charge < -0.3 is 4.57 Å². The van der Waals surface area contributed by atoms with E-state index >= 15 is 0 Å². The first kappa shape index (κ1) is 81.7. The molecule has 1 spiro atoms. The number of nitrogens with zero attached hydrogens (tertiary/aromatic N) is 9. The Morgan fingerprint density at radius 2 is 0.514 bits per heavy atom. The van der Waals surface area contributed by atoms with Crippen molar-refractivity contribution in [3.8, 4) is 50.7 Å². The maximum atomic E-state index is 14.4. The van der Waals surface area contributed by atoms with Gasteiger partial charge in [0.1, 0.15) is 16.6 Å². The van der Waals surface area contributed by atoms with E-state index in [0.29, 0.717) is 71.2 Å². The van der Waals surface area contributed by atoms with Crippen molar-refractivity contribution < 1.29 is 0 Å². The molecule has 19 heteroatoms. The normalized spacial score (nSPS) is 12.2. The maximum Gasteiger partial charge on any atom is 0.284 e. The quantitative estimate of drug-likeness (QED) is 0.157. The average Bonchev–Trinajstić information content (AvgIpc) is 1.50. The predicted octanol–water partition coefficient (Wildman–Crippen LogP) is 23.8. The van der Waals surface area contributed by atoms with Crippen LogP contribution in [-0.4, -0.2) is 42.8 Å². The zero-order valence-electron chi connectivity index (χ0n) is 72.9. The lowest BCUT2D eigenvalue weighted by molar-refractivity contribution is 0.795. The highest BCUT2D eigenvalue weighted by Crippen LogP contribution is 2.63. The lowest BCUT2D eigenvalue weighted by Gasteiger charge is -2.30. The standard InChI is InChI=1S/C38H22N2O2.C31H19N3O2.2C25H14N2O2S/c41-36-30-21-29-26-15-6-9-19-33(26)38(31-17-7-4-13-24(31)25-14-5-8-18-32(25)38)34(29)22-28(30)27-16-10-20-39-35(27)37(42)40(36)23-11-2-1-3-12-23;35-30-26-18-25-22-14-7-8-16-27(22)33(20-10-3-1-4-11-20)28(25)19-24(26)23-15-9-17-32-29(23)31(36)34(30)21-12-5-2-6-13-21;28-24-20-14-22-19(16-9-4-5-11-21(16)30-22)13-18(20)17-10-6-12-26-23(17)25(29)27(24)15-7-2-1-3-8-15;28-24-20-12-19-17-8-4-5-9-22(17)30-23(19)13-18(20)16-10-11-26-14-21(16)25(29)27(24)15-6-2-1-3-7-15/h1-22H;1-19H;2*1-14H. The van der Waals surface area contributed by atoms with E-state index in [4.69, 9.17) is 0 Å². The third kappa shape index (κ3) is 12.7. The number of aromatic nitrogens is 9. The van der Waals surface area contributed by atoms with Crippen molar-refractivity contribution in [1.82, 2.24) is 42.8 Å². The Kier molecular flexibility index (Phi) is 19.3. The van der Waals surface area contributed by atoms with Crippen molar-refractivity contribution in [2.24, 2.45) is 0 Å². The molecule has 0 unspecified atom stereocenters. The summed E-state index contributed by atoms with van der Waals surface area (Å²) >= 11 is 3.34. The molecule has 2 aliphatic carbocycles. The van der Waals surface area contributed by atoms with Crippen LogP contribution in [0.1, 0.15) is 22.3 Å². The van der Waals surface area contributed by atoms with E-state index in [1.807, 2.05) is 200 Å². The highest BCUT2D eigenvalue weighted by molar-refractivity contribution is 7.26. The Hall–Kier alpha value is -18.3. The summed E-state index contributed by atoms with van der Waals surface area (Å²) in [6.45, 7) is 0. The first-order chi connectivity index (χ1) is 67.9. The molecule has 26 aromatic rings. The number of hydrogen-bond donors (Lipinski definition) is 0. The van der Waals surface area contributed by atoms with Gasteiger partial charge in [-0.05, 0) is 223 Å². The molecule has 0 aliphatic heterocycles. The maximum absolute atomic E-state index is 14.4. The molecule has 11 aromatic heterocycles. The molecular formula is C119H69N9O8S2. The van der Waals surface area contributed by atoms with E-state index in [9.17, 15) is 38.4 Å². The number of rotatable bonds is 5. The minimum absolute atomic E-state index is 0.259. The van der Waals surface area contributed by atoms with Crippen molar-refractivity contribution in [2.75, 3.05) is 0 Å². The SMILES string of the molecule is O=c1c2cc3c(cc2c2cccnc2c(=O)n1-c1ccccc1)C1(c2ccccc2-c2ccccc21)c1ccccc1-3.O=c1c2cc3c4ccccc4n(-c4ccccc4)c3cc2c2cccnc2c(=O)n1-c1ccccc1.O=c1c2cc3sc4ccccc4c3cc2c2cccnc2c(=O)n1-c1ccccc1.O=c1c2cnccc2c2cc3sc4ccccc4c3cc2c(=O)n1-c1ccccc1. The minimum Gasteiger partial charge on any atom is -0.309 e.